The van der Waals surface area contributed by atoms with Crippen molar-refractivity contribution >= 4 is 11.9 Å². The van der Waals surface area contributed by atoms with Crippen LogP contribution in [0.15, 0.2) is 42.6 Å². The van der Waals surface area contributed by atoms with E-state index in [4.69, 9.17) is 14.7 Å². The molecule has 0 radical (unpaired) electrons. The molecule has 25 heavy (non-hydrogen) atoms. The zero-order valence-corrected chi connectivity index (χ0v) is 13.9. The van der Waals surface area contributed by atoms with Crippen LogP contribution in [-0.4, -0.2) is 37.1 Å². The van der Waals surface area contributed by atoms with Crippen LogP contribution >= 0.6 is 0 Å². The van der Waals surface area contributed by atoms with E-state index in [0.29, 0.717) is 17.0 Å². The first-order valence-electron chi connectivity index (χ1n) is 7.45. The van der Waals surface area contributed by atoms with E-state index in [1.165, 1.54) is 38.5 Å². The summed E-state index contributed by atoms with van der Waals surface area (Å²) in [6, 6.07) is 10.7. The van der Waals surface area contributed by atoms with Crippen LogP contribution < -0.4 is 10.1 Å². The molecule has 0 saturated carbocycles. The van der Waals surface area contributed by atoms with E-state index < -0.39 is 17.9 Å². The molecule has 1 aromatic carbocycles. The molecular weight excluding hydrogens is 322 g/mol. The molecule has 7 nitrogen and oxygen atoms in total. The number of ether oxygens (including phenoxy) is 2. The minimum Gasteiger partial charge on any atom is -0.481 e. The minimum absolute atomic E-state index is 0.228. The number of rotatable bonds is 6. The van der Waals surface area contributed by atoms with E-state index in [0.717, 1.165) is 5.56 Å². The molecule has 0 saturated heterocycles. The van der Waals surface area contributed by atoms with Crippen molar-refractivity contribution < 1.29 is 19.1 Å². The Hall–Kier alpha value is -3.40. The van der Waals surface area contributed by atoms with Gasteiger partial charge in [0.1, 0.15) is 6.04 Å². The molecule has 1 heterocycles. The first-order valence-corrected chi connectivity index (χ1v) is 7.45. The van der Waals surface area contributed by atoms with E-state index in [1.807, 2.05) is 6.07 Å². The number of carbonyl (C=O) groups is 2. The molecule has 0 aliphatic rings. The molecule has 0 fully saturated rings. The summed E-state index contributed by atoms with van der Waals surface area (Å²) in [7, 11) is 2.77. The SMILES string of the molecule is COC(=O)[C@H](Cc1ccc(OC)nc1)NC(=O)c1ccc(C#N)cc1. The van der Waals surface area contributed by atoms with Gasteiger partial charge in [-0.3, -0.25) is 4.79 Å². The minimum atomic E-state index is -0.858. The van der Waals surface area contributed by atoms with Crippen molar-refractivity contribution in [1.82, 2.24) is 10.3 Å². The third-order valence-electron chi connectivity index (χ3n) is 3.51. The van der Waals surface area contributed by atoms with Gasteiger partial charge in [0.2, 0.25) is 5.88 Å². The third-order valence-corrected chi connectivity index (χ3v) is 3.51. The van der Waals surface area contributed by atoms with Crippen LogP contribution in [0.4, 0.5) is 0 Å². The fraction of sp³-hybridized carbons (Fsp3) is 0.222. The van der Waals surface area contributed by atoms with Gasteiger partial charge < -0.3 is 14.8 Å². The van der Waals surface area contributed by atoms with Gasteiger partial charge in [-0.25, -0.2) is 9.78 Å². The van der Waals surface area contributed by atoms with Crippen LogP contribution in [-0.2, 0) is 16.0 Å². The number of aromatic nitrogens is 1. The zero-order valence-electron chi connectivity index (χ0n) is 13.9. The van der Waals surface area contributed by atoms with E-state index in [9.17, 15) is 9.59 Å². The summed E-state index contributed by atoms with van der Waals surface area (Å²) >= 11 is 0. The molecule has 0 spiro atoms. The molecular formula is C18H17N3O4. The number of hydrogen-bond donors (Lipinski definition) is 1. The second-order valence-electron chi connectivity index (χ2n) is 5.15. The Morgan fingerprint density at radius 3 is 2.44 bits per heavy atom. The predicted octanol–water partition coefficient (Wildman–Crippen LogP) is 1.48. The molecule has 1 N–H and O–H groups in total. The third kappa shape index (κ3) is 4.78. The number of benzene rings is 1. The number of amides is 1. The van der Waals surface area contributed by atoms with Crippen LogP contribution in [0, 0.1) is 11.3 Å². The highest BCUT2D eigenvalue weighted by atomic mass is 16.5. The van der Waals surface area contributed by atoms with Gasteiger partial charge in [0.05, 0.1) is 25.9 Å². The van der Waals surface area contributed by atoms with Crippen molar-refractivity contribution in [2.45, 2.75) is 12.5 Å². The van der Waals surface area contributed by atoms with Crippen molar-refractivity contribution in [2.24, 2.45) is 0 Å². The van der Waals surface area contributed by atoms with Crippen molar-refractivity contribution in [3.05, 3.63) is 59.3 Å². The molecule has 0 bridgehead atoms. The Bertz CT molecular complexity index is 779. The van der Waals surface area contributed by atoms with Crippen molar-refractivity contribution in [3.8, 4) is 11.9 Å². The molecule has 7 heteroatoms. The number of esters is 1. The average Bonchev–Trinajstić information content (AvgIpc) is 2.67. The normalized spacial score (nSPS) is 11.1. The molecule has 2 rings (SSSR count). The fourth-order valence-corrected chi connectivity index (χ4v) is 2.16. The standard InChI is InChI=1S/C18H17N3O4/c1-24-16-8-5-13(11-20-16)9-15(18(23)25-2)21-17(22)14-6-3-12(10-19)4-7-14/h3-8,11,15H,9H2,1-2H3,(H,21,22)/t15-/m0/s1. The summed E-state index contributed by atoms with van der Waals surface area (Å²) < 4.78 is 9.75. The van der Waals surface area contributed by atoms with Crippen molar-refractivity contribution in [2.75, 3.05) is 14.2 Å². The molecule has 0 unspecified atom stereocenters. The van der Waals surface area contributed by atoms with Gasteiger partial charge in [-0.15, -0.1) is 0 Å². The van der Waals surface area contributed by atoms with Crippen LogP contribution in [0.3, 0.4) is 0 Å². The van der Waals surface area contributed by atoms with E-state index >= 15 is 0 Å². The van der Waals surface area contributed by atoms with E-state index in [2.05, 4.69) is 10.3 Å². The van der Waals surface area contributed by atoms with Gasteiger partial charge in [-0.2, -0.15) is 5.26 Å². The van der Waals surface area contributed by atoms with Gasteiger partial charge in [-0.05, 0) is 29.8 Å². The summed E-state index contributed by atoms with van der Waals surface area (Å²) in [5, 5.41) is 11.4. The monoisotopic (exact) mass is 339 g/mol. The summed E-state index contributed by atoms with van der Waals surface area (Å²) in [6.45, 7) is 0. The molecule has 0 aliphatic heterocycles. The number of pyridine rings is 1. The lowest BCUT2D eigenvalue weighted by molar-refractivity contribution is -0.142. The summed E-state index contributed by atoms with van der Waals surface area (Å²) in [5.41, 5.74) is 1.54. The highest BCUT2D eigenvalue weighted by Gasteiger charge is 2.22. The predicted molar refractivity (Wildman–Crippen MR) is 88.9 cm³/mol. The van der Waals surface area contributed by atoms with Gasteiger partial charge in [0, 0.05) is 24.2 Å². The zero-order chi connectivity index (χ0) is 18.2. The topological polar surface area (TPSA) is 101 Å². The summed E-state index contributed by atoms with van der Waals surface area (Å²) in [6.07, 6.45) is 1.80. The van der Waals surface area contributed by atoms with E-state index in [-0.39, 0.29) is 6.42 Å². The maximum atomic E-state index is 12.3. The Morgan fingerprint density at radius 1 is 1.20 bits per heavy atom. The number of carbonyl (C=O) groups excluding carboxylic acids is 2. The van der Waals surface area contributed by atoms with Crippen molar-refractivity contribution in [1.29, 1.82) is 5.26 Å². The van der Waals surface area contributed by atoms with E-state index in [1.54, 1.807) is 18.3 Å². The second kappa shape index (κ2) is 8.45. The molecule has 1 atom stereocenters. The Labute approximate surface area is 145 Å². The lowest BCUT2D eigenvalue weighted by Gasteiger charge is -2.16. The maximum Gasteiger partial charge on any atom is 0.328 e. The van der Waals surface area contributed by atoms with Crippen LogP contribution in [0.25, 0.3) is 0 Å². The van der Waals surface area contributed by atoms with Crippen LogP contribution in [0.5, 0.6) is 5.88 Å². The van der Waals surface area contributed by atoms with Gasteiger partial charge in [0.25, 0.3) is 5.91 Å². The first-order chi connectivity index (χ1) is 12.1. The lowest BCUT2D eigenvalue weighted by atomic mass is 10.1. The molecule has 2 aromatic rings. The lowest BCUT2D eigenvalue weighted by Crippen LogP contribution is -2.43. The Morgan fingerprint density at radius 2 is 1.92 bits per heavy atom. The Balaban J connectivity index is 2.12. The first kappa shape index (κ1) is 17.9. The summed E-state index contributed by atoms with van der Waals surface area (Å²) in [4.78, 5) is 28.4. The fourth-order valence-electron chi connectivity index (χ4n) is 2.16. The highest BCUT2D eigenvalue weighted by molar-refractivity contribution is 5.96. The Kier molecular flexibility index (Phi) is 6.07. The molecule has 128 valence electrons. The average molecular weight is 339 g/mol. The number of methoxy groups -OCH3 is 2. The van der Waals surface area contributed by atoms with Gasteiger partial charge in [-0.1, -0.05) is 6.07 Å². The quantitative estimate of drug-likeness (QED) is 0.800. The number of nitriles is 1. The maximum absolute atomic E-state index is 12.3. The molecule has 1 aromatic heterocycles. The highest BCUT2D eigenvalue weighted by Crippen LogP contribution is 2.10. The number of nitrogens with one attached hydrogen (secondary N) is 1. The smallest absolute Gasteiger partial charge is 0.328 e. The number of nitrogens with zero attached hydrogens (tertiary/aromatic N) is 2. The number of hydrogen-bond acceptors (Lipinski definition) is 6. The second-order valence-corrected chi connectivity index (χ2v) is 5.15. The molecule has 0 aliphatic carbocycles. The van der Waals surface area contributed by atoms with Gasteiger partial charge >= 0.3 is 5.97 Å². The van der Waals surface area contributed by atoms with Crippen LogP contribution in [0.1, 0.15) is 21.5 Å². The summed E-state index contributed by atoms with van der Waals surface area (Å²) in [5.74, 6) is -0.529. The molecule has 1 amide bonds. The van der Waals surface area contributed by atoms with Gasteiger partial charge in [0.15, 0.2) is 0 Å². The van der Waals surface area contributed by atoms with Crippen molar-refractivity contribution in [3.63, 3.8) is 0 Å². The van der Waals surface area contributed by atoms with Crippen LogP contribution in [0.2, 0.25) is 0 Å². The largest absolute Gasteiger partial charge is 0.481 e.